The number of aliphatic hydroxyl groups excluding tert-OH is 1. The van der Waals surface area contributed by atoms with Crippen LogP contribution in [0.1, 0.15) is 40.1 Å². The molecule has 1 aliphatic rings. The summed E-state index contributed by atoms with van der Waals surface area (Å²) < 4.78 is 11.2. The van der Waals surface area contributed by atoms with Crippen molar-refractivity contribution in [2.75, 3.05) is 40.5 Å². The average Bonchev–Trinajstić information content (AvgIpc) is 2.86. The number of rotatable bonds is 6. The van der Waals surface area contributed by atoms with Crippen molar-refractivity contribution < 1.29 is 24.2 Å². The molecule has 0 bridgehead atoms. The third-order valence-electron chi connectivity index (χ3n) is 5.68. The van der Waals surface area contributed by atoms with E-state index in [1.165, 1.54) is 6.20 Å². The third-order valence-corrected chi connectivity index (χ3v) is 5.68. The van der Waals surface area contributed by atoms with E-state index in [1.807, 2.05) is 6.92 Å². The second-order valence-corrected chi connectivity index (χ2v) is 8.36. The number of pyridine rings is 2. The molecule has 0 saturated carbocycles. The molecule has 9 nitrogen and oxygen atoms in total. The quantitative estimate of drug-likeness (QED) is 0.643. The first-order valence-corrected chi connectivity index (χ1v) is 11.1. The first-order chi connectivity index (χ1) is 16.3. The summed E-state index contributed by atoms with van der Waals surface area (Å²) in [5, 5.41) is 9.77. The van der Waals surface area contributed by atoms with Crippen LogP contribution in [0, 0.1) is 17.8 Å². The molecule has 1 aliphatic heterocycles. The van der Waals surface area contributed by atoms with Gasteiger partial charge in [0.05, 0.1) is 24.8 Å². The molecule has 0 fully saturated rings. The molecule has 2 aromatic rings. The Morgan fingerprint density at radius 2 is 2.24 bits per heavy atom. The van der Waals surface area contributed by atoms with Crippen LogP contribution in [0.15, 0.2) is 36.8 Å². The zero-order chi connectivity index (χ0) is 24.7. The molecule has 2 aromatic heterocycles. The highest BCUT2D eigenvalue weighted by Crippen LogP contribution is 2.27. The molecule has 0 radical (unpaired) electrons. The molecule has 34 heavy (non-hydrogen) atoms. The first-order valence-electron chi connectivity index (χ1n) is 11.1. The van der Waals surface area contributed by atoms with Crippen molar-refractivity contribution in [3.8, 4) is 17.7 Å². The van der Waals surface area contributed by atoms with E-state index in [9.17, 15) is 14.7 Å². The number of amides is 2. The molecule has 2 amide bonds. The zero-order valence-electron chi connectivity index (χ0n) is 19.9. The Balaban J connectivity index is 1.93. The highest BCUT2D eigenvalue weighted by atomic mass is 16.5. The van der Waals surface area contributed by atoms with Crippen molar-refractivity contribution in [2.24, 2.45) is 5.92 Å². The van der Waals surface area contributed by atoms with Crippen LogP contribution in [0.2, 0.25) is 0 Å². The summed E-state index contributed by atoms with van der Waals surface area (Å²) in [7, 11) is 3.25. The predicted molar refractivity (Wildman–Crippen MR) is 125 cm³/mol. The molecule has 180 valence electrons. The molecular weight excluding hydrogens is 436 g/mol. The minimum absolute atomic E-state index is 0.141. The molecule has 3 atom stereocenters. The van der Waals surface area contributed by atoms with Gasteiger partial charge in [0.25, 0.3) is 11.8 Å². The van der Waals surface area contributed by atoms with Gasteiger partial charge in [-0.05, 0) is 25.1 Å². The normalized spacial score (nSPS) is 18.5. The summed E-state index contributed by atoms with van der Waals surface area (Å²) in [6, 6.07) is 4.66. The van der Waals surface area contributed by atoms with E-state index in [4.69, 9.17) is 9.47 Å². The Labute approximate surface area is 199 Å². The number of aromatic nitrogens is 2. The smallest absolute Gasteiger partial charge is 0.259 e. The lowest BCUT2D eigenvalue weighted by Crippen LogP contribution is -2.50. The van der Waals surface area contributed by atoms with Crippen molar-refractivity contribution in [1.29, 1.82) is 0 Å². The fourth-order valence-corrected chi connectivity index (χ4v) is 3.66. The zero-order valence-corrected chi connectivity index (χ0v) is 19.9. The fourth-order valence-electron chi connectivity index (χ4n) is 3.66. The molecule has 0 aliphatic carbocycles. The lowest BCUT2D eigenvalue weighted by molar-refractivity contribution is 0.0313. The van der Waals surface area contributed by atoms with Gasteiger partial charge in [-0.1, -0.05) is 18.8 Å². The van der Waals surface area contributed by atoms with E-state index in [0.29, 0.717) is 17.7 Å². The molecule has 3 rings (SSSR count). The van der Waals surface area contributed by atoms with Gasteiger partial charge in [0, 0.05) is 50.8 Å². The lowest BCUT2D eigenvalue weighted by Gasteiger charge is -2.37. The number of aliphatic hydroxyl groups is 1. The van der Waals surface area contributed by atoms with Gasteiger partial charge in [-0.25, -0.2) is 4.98 Å². The molecule has 9 heteroatoms. The summed E-state index contributed by atoms with van der Waals surface area (Å²) in [5.41, 5.74) is 1.30. The fraction of sp³-hybridized carbons (Fsp3) is 0.440. The van der Waals surface area contributed by atoms with Crippen LogP contribution in [0.3, 0.4) is 0 Å². The van der Waals surface area contributed by atoms with Gasteiger partial charge in [0.1, 0.15) is 18.3 Å². The molecular formula is C25H30N4O5. The Morgan fingerprint density at radius 1 is 1.44 bits per heavy atom. The average molecular weight is 467 g/mol. The summed E-state index contributed by atoms with van der Waals surface area (Å²) in [6.07, 6.45) is 4.24. The predicted octanol–water partition coefficient (Wildman–Crippen LogP) is 1.47. The third kappa shape index (κ3) is 5.90. The van der Waals surface area contributed by atoms with E-state index in [1.54, 1.807) is 61.5 Å². The Morgan fingerprint density at radius 3 is 2.91 bits per heavy atom. The largest absolute Gasteiger partial charge is 0.472 e. The van der Waals surface area contributed by atoms with Crippen LogP contribution in [-0.2, 0) is 4.74 Å². The van der Waals surface area contributed by atoms with E-state index >= 15 is 0 Å². The molecule has 0 aromatic carbocycles. The Hall–Kier alpha value is -3.48. The maximum atomic E-state index is 13.4. The van der Waals surface area contributed by atoms with Crippen molar-refractivity contribution in [2.45, 2.75) is 26.0 Å². The highest BCUT2D eigenvalue weighted by Gasteiger charge is 2.34. The van der Waals surface area contributed by atoms with E-state index in [-0.39, 0.29) is 48.9 Å². The number of ether oxygens (including phenoxy) is 2. The van der Waals surface area contributed by atoms with Gasteiger partial charge in [0.2, 0.25) is 5.88 Å². The number of likely N-dealkylation sites (N-methyl/N-ethyl adjacent to an activating group) is 1. The topological polar surface area (TPSA) is 105 Å². The van der Waals surface area contributed by atoms with Gasteiger partial charge >= 0.3 is 0 Å². The lowest BCUT2D eigenvalue weighted by atomic mass is 9.99. The van der Waals surface area contributed by atoms with Gasteiger partial charge in [-0.2, -0.15) is 0 Å². The summed E-state index contributed by atoms with van der Waals surface area (Å²) in [5.74, 6) is 5.34. The van der Waals surface area contributed by atoms with Crippen molar-refractivity contribution in [1.82, 2.24) is 19.8 Å². The number of hydrogen-bond donors (Lipinski definition) is 1. The van der Waals surface area contributed by atoms with Gasteiger partial charge in [0.15, 0.2) is 0 Å². The van der Waals surface area contributed by atoms with E-state index in [0.717, 1.165) is 0 Å². The van der Waals surface area contributed by atoms with E-state index in [2.05, 4.69) is 21.8 Å². The molecule has 0 spiro atoms. The number of carbonyl (C=O) groups excluding carboxylic acids is 2. The van der Waals surface area contributed by atoms with Crippen LogP contribution < -0.4 is 4.74 Å². The number of hydrogen-bond acceptors (Lipinski definition) is 7. The summed E-state index contributed by atoms with van der Waals surface area (Å²) >= 11 is 0. The van der Waals surface area contributed by atoms with Crippen molar-refractivity contribution >= 4 is 11.8 Å². The maximum Gasteiger partial charge on any atom is 0.259 e. The number of methoxy groups -OCH3 is 1. The molecule has 0 unspecified atom stereocenters. The standard InChI is InChI=1S/C25H30N4O5/c1-17-14-29(18(2)16-30)25(32)21-11-19(7-6-10-33-4)12-27-23(21)34-22(17)15-28(3)24(31)20-8-5-9-26-13-20/h5,8-9,11-13,17-18,22,30H,10,14-16H2,1-4H3/t17-,18-,22+/m0/s1. The first kappa shape index (κ1) is 25.1. The Bertz CT molecular complexity index is 1070. The highest BCUT2D eigenvalue weighted by molar-refractivity contribution is 5.97. The van der Waals surface area contributed by atoms with Gasteiger partial charge < -0.3 is 24.4 Å². The van der Waals surface area contributed by atoms with E-state index < -0.39 is 12.1 Å². The summed E-state index contributed by atoms with van der Waals surface area (Å²) in [6.45, 7) is 4.44. The van der Waals surface area contributed by atoms with Crippen molar-refractivity contribution in [3.63, 3.8) is 0 Å². The Kier molecular flexibility index (Phi) is 8.57. The monoisotopic (exact) mass is 466 g/mol. The van der Waals surface area contributed by atoms with Crippen LogP contribution in [0.25, 0.3) is 0 Å². The number of fused-ring (bicyclic) bond motifs is 1. The SMILES string of the molecule is COCC#Cc1cnc2c(c1)C(=O)N([C@@H](C)CO)C[C@H](C)[C@@H](CN(C)C(=O)c1cccnc1)O2. The van der Waals surface area contributed by atoms with Crippen LogP contribution in [0.5, 0.6) is 5.88 Å². The minimum Gasteiger partial charge on any atom is -0.472 e. The second kappa shape index (κ2) is 11.6. The molecule has 1 N–H and O–H groups in total. The maximum absolute atomic E-state index is 13.4. The van der Waals surface area contributed by atoms with Crippen LogP contribution >= 0.6 is 0 Å². The van der Waals surface area contributed by atoms with Crippen molar-refractivity contribution in [3.05, 3.63) is 53.5 Å². The minimum atomic E-state index is -0.441. The molecule has 0 saturated heterocycles. The van der Waals surface area contributed by atoms with Gasteiger partial charge in [-0.15, -0.1) is 0 Å². The van der Waals surface area contributed by atoms with Crippen LogP contribution in [0.4, 0.5) is 0 Å². The molecule has 3 heterocycles. The summed E-state index contributed by atoms with van der Waals surface area (Å²) in [4.78, 5) is 37.8. The van der Waals surface area contributed by atoms with Crippen LogP contribution in [-0.4, -0.2) is 89.3 Å². The number of carbonyl (C=O) groups is 2. The number of nitrogens with zero attached hydrogens (tertiary/aromatic N) is 4. The van der Waals surface area contributed by atoms with Gasteiger partial charge in [-0.3, -0.25) is 14.6 Å². The second-order valence-electron chi connectivity index (χ2n) is 8.36.